The fourth-order valence-electron chi connectivity index (χ4n) is 3.08. The number of hydrogen-bond acceptors (Lipinski definition) is 4. The summed E-state index contributed by atoms with van der Waals surface area (Å²) in [6.07, 6.45) is 7.05. The average Bonchev–Trinajstić information content (AvgIpc) is 2.42. The van der Waals surface area contributed by atoms with E-state index in [9.17, 15) is 14.7 Å². The lowest BCUT2D eigenvalue weighted by Gasteiger charge is -2.44. The minimum absolute atomic E-state index is 0.182. The first-order chi connectivity index (χ1) is 9.43. The number of hydrogen-bond donors (Lipinski definition) is 1. The molecule has 0 aromatic carbocycles. The van der Waals surface area contributed by atoms with Crippen molar-refractivity contribution in [1.29, 1.82) is 0 Å². The topological polar surface area (TPSA) is 54.4 Å². The standard InChI is InChI=1S/C16H20O3S/c1-10-4-5-14(18)13-6-15(19)12(7-16(10,13)2)11(8-17)9-20-3/h6-10,14,18H,4-5H2,1-3H3/t10-,14-,16+/m1/s1. The fraction of sp³-hybridized carbons (Fsp3) is 0.500. The van der Waals surface area contributed by atoms with E-state index in [1.165, 1.54) is 17.8 Å². The molecule has 2 aliphatic rings. The molecule has 0 aliphatic heterocycles. The predicted octanol–water partition coefficient (Wildman–Crippen LogP) is 2.66. The molecule has 0 heterocycles. The third kappa shape index (κ3) is 2.42. The molecule has 0 unspecified atom stereocenters. The van der Waals surface area contributed by atoms with Gasteiger partial charge in [-0.25, -0.2) is 0 Å². The van der Waals surface area contributed by atoms with Crippen molar-refractivity contribution < 1.29 is 14.7 Å². The van der Waals surface area contributed by atoms with Gasteiger partial charge in [-0.05, 0) is 42.1 Å². The van der Waals surface area contributed by atoms with Crippen LogP contribution in [0.1, 0.15) is 26.7 Å². The first-order valence-electron chi connectivity index (χ1n) is 6.80. The Bertz CT molecular complexity index is 530. The maximum absolute atomic E-state index is 12.3. The molecule has 0 spiro atoms. The van der Waals surface area contributed by atoms with Gasteiger partial charge < -0.3 is 5.11 Å². The van der Waals surface area contributed by atoms with E-state index in [4.69, 9.17) is 0 Å². The smallest absolute Gasteiger partial charge is 0.186 e. The lowest BCUT2D eigenvalue weighted by molar-refractivity contribution is -0.112. The van der Waals surface area contributed by atoms with Crippen LogP contribution >= 0.6 is 11.8 Å². The summed E-state index contributed by atoms with van der Waals surface area (Å²) in [5.74, 6) is 0.153. The third-order valence-electron chi connectivity index (χ3n) is 4.56. The zero-order chi connectivity index (χ0) is 14.9. The Hall–Kier alpha value is -1.13. The Balaban J connectivity index is 2.51. The van der Waals surface area contributed by atoms with Gasteiger partial charge >= 0.3 is 0 Å². The maximum Gasteiger partial charge on any atom is 0.186 e. The summed E-state index contributed by atoms with van der Waals surface area (Å²) in [7, 11) is 0. The first-order valence-corrected chi connectivity index (χ1v) is 8.08. The van der Waals surface area contributed by atoms with Crippen LogP contribution in [0.3, 0.4) is 0 Å². The summed E-state index contributed by atoms with van der Waals surface area (Å²) in [5, 5.41) is 11.8. The molecule has 1 fully saturated rings. The van der Waals surface area contributed by atoms with Crippen LogP contribution < -0.4 is 0 Å². The van der Waals surface area contributed by atoms with E-state index < -0.39 is 6.10 Å². The van der Waals surface area contributed by atoms with Crippen molar-refractivity contribution in [1.82, 2.24) is 0 Å². The van der Waals surface area contributed by atoms with Crippen molar-refractivity contribution in [2.45, 2.75) is 32.8 Å². The molecule has 3 atom stereocenters. The molecule has 108 valence electrons. The normalized spacial score (nSPS) is 34.2. The Kier molecular flexibility index (Phi) is 4.35. The number of fused-ring (bicyclic) bond motifs is 1. The van der Waals surface area contributed by atoms with Gasteiger partial charge in [0.15, 0.2) is 12.1 Å². The SMILES string of the molecule is CSC=C(C=O)C1=C[C@]2(C)C(=CC1=O)[C@H](O)CC[C@H]2C. The zero-order valence-corrected chi connectivity index (χ0v) is 12.9. The second kappa shape index (κ2) is 5.70. The van der Waals surface area contributed by atoms with Crippen molar-refractivity contribution in [2.75, 3.05) is 6.26 Å². The third-order valence-corrected chi connectivity index (χ3v) is 5.05. The summed E-state index contributed by atoms with van der Waals surface area (Å²) in [4.78, 5) is 23.5. The Morgan fingerprint density at radius 2 is 2.20 bits per heavy atom. The molecule has 4 heteroatoms. The minimum Gasteiger partial charge on any atom is -0.389 e. The molecule has 1 N–H and O–H groups in total. The molecule has 0 bridgehead atoms. The van der Waals surface area contributed by atoms with Crippen LogP contribution in [-0.4, -0.2) is 29.5 Å². The van der Waals surface area contributed by atoms with Gasteiger partial charge in [0.25, 0.3) is 0 Å². The van der Waals surface area contributed by atoms with Crippen LogP contribution in [0.4, 0.5) is 0 Å². The van der Waals surface area contributed by atoms with E-state index in [0.29, 0.717) is 23.5 Å². The van der Waals surface area contributed by atoms with Crippen LogP contribution in [0.5, 0.6) is 0 Å². The van der Waals surface area contributed by atoms with E-state index in [1.54, 1.807) is 5.41 Å². The number of aldehydes is 1. The number of allylic oxidation sites excluding steroid dienone is 4. The highest BCUT2D eigenvalue weighted by Crippen LogP contribution is 2.49. The molecule has 0 aromatic rings. The largest absolute Gasteiger partial charge is 0.389 e. The van der Waals surface area contributed by atoms with Gasteiger partial charge in [0.05, 0.1) is 6.10 Å². The summed E-state index contributed by atoms with van der Waals surface area (Å²) < 4.78 is 0. The minimum atomic E-state index is -0.554. The van der Waals surface area contributed by atoms with E-state index in [-0.39, 0.29) is 11.2 Å². The number of carbonyl (C=O) groups excluding carboxylic acids is 2. The Labute approximate surface area is 123 Å². The lowest BCUT2D eigenvalue weighted by Crippen LogP contribution is -2.40. The summed E-state index contributed by atoms with van der Waals surface area (Å²) in [5.41, 5.74) is 1.33. The highest BCUT2D eigenvalue weighted by molar-refractivity contribution is 8.01. The van der Waals surface area contributed by atoms with Crippen molar-refractivity contribution >= 4 is 23.8 Å². The second-order valence-corrected chi connectivity index (χ2v) is 6.43. The predicted molar refractivity (Wildman–Crippen MR) is 81.3 cm³/mol. The van der Waals surface area contributed by atoms with Crippen molar-refractivity contribution in [3.63, 3.8) is 0 Å². The molecule has 20 heavy (non-hydrogen) atoms. The van der Waals surface area contributed by atoms with Crippen LogP contribution in [0.2, 0.25) is 0 Å². The second-order valence-electron chi connectivity index (χ2n) is 5.73. The van der Waals surface area contributed by atoms with Crippen LogP contribution in [-0.2, 0) is 9.59 Å². The number of aliphatic hydroxyl groups is 1. The first kappa shape index (κ1) is 15.3. The fourth-order valence-corrected chi connectivity index (χ4v) is 3.52. The average molecular weight is 292 g/mol. The molecule has 0 radical (unpaired) electrons. The van der Waals surface area contributed by atoms with Gasteiger partial charge in [-0.2, -0.15) is 0 Å². The molecule has 3 nitrogen and oxygen atoms in total. The highest BCUT2D eigenvalue weighted by Gasteiger charge is 2.43. The van der Waals surface area contributed by atoms with E-state index in [2.05, 4.69) is 6.92 Å². The molecule has 2 aliphatic carbocycles. The number of aliphatic hydroxyl groups excluding tert-OH is 1. The highest BCUT2D eigenvalue weighted by atomic mass is 32.2. The molecule has 0 saturated heterocycles. The van der Waals surface area contributed by atoms with Crippen LogP contribution in [0, 0.1) is 11.3 Å². The van der Waals surface area contributed by atoms with Gasteiger partial charge in [0.2, 0.25) is 0 Å². The quantitative estimate of drug-likeness (QED) is 0.642. The van der Waals surface area contributed by atoms with Crippen molar-refractivity contribution in [3.8, 4) is 0 Å². The maximum atomic E-state index is 12.3. The number of thioether (sulfide) groups is 1. The Morgan fingerprint density at radius 3 is 2.80 bits per heavy atom. The van der Waals surface area contributed by atoms with E-state index in [1.807, 2.05) is 19.3 Å². The zero-order valence-electron chi connectivity index (χ0n) is 12.1. The number of ketones is 1. The molecule has 1 saturated carbocycles. The molecular formula is C16H20O3S. The lowest BCUT2D eigenvalue weighted by atomic mass is 9.61. The van der Waals surface area contributed by atoms with Gasteiger partial charge in [-0.3, -0.25) is 9.59 Å². The molecule has 0 aromatic heterocycles. The summed E-state index contributed by atoms with van der Waals surface area (Å²) in [6, 6.07) is 0. The Morgan fingerprint density at radius 1 is 1.50 bits per heavy atom. The monoisotopic (exact) mass is 292 g/mol. The van der Waals surface area contributed by atoms with Gasteiger partial charge in [-0.15, -0.1) is 11.8 Å². The van der Waals surface area contributed by atoms with Crippen LogP contribution in [0.25, 0.3) is 0 Å². The van der Waals surface area contributed by atoms with Crippen LogP contribution in [0.15, 0.2) is 34.3 Å². The van der Waals surface area contributed by atoms with E-state index in [0.717, 1.165) is 18.3 Å². The number of carbonyl (C=O) groups is 2. The van der Waals surface area contributed by atoms with Gasteiger partial charge in [0.1, 0.15) is 0 Å². The summed E-state index contributed by atoms with van der Waals surface area (Å²) >= 11 is 1.40. The molecular weight excluding hydrogens is 272 g/mol. The molecule has 0 amide bonds. The summed E-state index contributed by atoms with van der Waals surface area (Å²) in [6.45, 7) is 4.17. The van der Waals surface area contributed by atoms with Crippen molar-refractivity contribution in [2.24, 2.45) is 11.3 Å². The van der Waals surface area contributed by atoms with Crippen molar-refractivity contribution in [3.05, 3.63) is 34.3 Å². The van der Waals surface area contributed by atoms with E-state index >= 15 is 0 Å². The van der Waals surface area contributed by atoms with Gasteiger partial charge in [0, 0.05) is 16.6 Å². The van der Waals surface area contributed by atoms with Gasteiger partial charge in [-0.1, -0.05) is 19.9 Å². The molecule has 2 rings (SSSR count). The number of rotatable bonds is 3.